The summed E-state index contributed by atoms with van der Waals surface area (Å²) in [5.41, 5.74) is 7.43. The minimum absolute atomic E-state index is 0.000259. The van der Waals surface area contributed by atoms with Gasteiger partial charge < -0.3 is 15.7 Å². The number of likely N-dealkylation sites (N-methyl/N-ethyl adjacent to an activating group) is 1. The number of hydrogen-bond acceptors (Lipinski definition) is 3. The van der Waals surface area contributed by atoms with Crippen molar-refractivity contribution in [1.82, 2.24) is 4.90 Å². The maximum atomic E-state index is 11.8. The van der Waals surface area contributed by atoms with E-state index in [1.54, 1.807) is 16.8 Å². The molecule has 1 atom stereocenters. The molecule has 1 unspecified atom stereocenters. The number of rotatable bonds is 3. The molecule has 1 heterocycles. The van der Waals surface area contributed by atoms with E-state index in [4.69, 9.17) is 10.8 Å². The molecule has 3 N–H and O–H groups in total. The Morgan fingerprint density at radius 2 is 2.24 bits per heavy atom. The first-order valence-electron chi connectivity index (χ1n) is 5.62. The van der Waals surface area contributed by atoms with Crippen LogP contribution >= 0.6 is 0 Å². The summed E-state index contributed by atoms with van der Waals surface area (Å²) in [6.45, 7) is 1.32. The lowest BCUT2D eigenvalue weighted by atomic mass is 10.1. The fraction of sp³-hybridized carbons (Fsp3) is 0.417. The molecule has 0 saturated carbocycles. The molecule has 17 heavy (non-hydrogen) atoms. The zero-order valence-electron chi connectivity index (χ0n) is 9.84. The molecule has 92 valence electrons. The molecule has 1 aromatic rings. The number of aliphatic hydroxyl groups excluding tert-OH is 1. The molecule has 1 saturated heterocycles. The number of carbonyl (C=O) groups is 1. The standard InChI is InChI=1S/C12H17N3O2/c1-14-5-6-15(12(14)17)10-4-2-3-9(7-10)11(13)8-16/h2-4,7,11,16H,5-6,8,13H2,1H3. The second-order valence-electron chi connectivity index (χ2n) is 4.24. The summed E-state index contributed by atoms with van der Waals surface area (Å²) in [5.74, 6) is 0. The van der Waals surface area contributed by atoms with Crippen LogP contribution in [-0.4, -0.2) is 42.8 Å². The summed E-state index contributed by atoms with van der Waals surface area (Å²) in [6, 6.07) is 7.05. The van der Waals surface area contributed by atoms with E-state index in [0.29, 0.717) is 6.54 Å². The molecular formula is C12H17N3O2. The van der Waals surface area contributed by atoms with E-state index >= 15 is 0 Å². The molecule has 0 radical (unpaired) electrons. The van der Waals surface area contributed by atoms with Gasteiger partial charge in [0.1, 0.15) is 0 Å². The van der Waals surface area contributed by atoms with E-state index in [9.17, 15) is 4.79 Å². The average molecular weight is 235 g/mol. The van der Waals surface area contributed by atoms with Gasteiger partial charge in [-0.25, -0.2) is 4.79 Å². The topological polar surface area (TPSA) is 69.8 Å². The number of anilines is 1. The number of nitrogens with two attached hydrogens (primary N) is 1. The maximum absolute atomic E-state index is 11.8. The van der Waals surface area contributed by atoms with Crippen molar-refractivity contribution in [2.24, 2.45) is 5.73 Å². The van der Waals surface area contributed by atoms with Gasteiger partial charge in [0.15, 0.2) is 0 Å². The number of carbonyl (C=O) groups excluding carboxylic acids is 1. The number of hydrogen-bond donors (Lipinski definition) is 2. The molecule has 2 rings (SSSR count). The monoisotopic (exact) mass is 235 g/mol. The normalized spacial score (nSPS) is 17.7. The van der Waals surface area contributed by atoms with Gasteiger partial charge in [-0.05, 0) is 17.7 Å². The molecule has 1 aromatic carbocycles. The molecule has 2 amide bonds. The number of urea groups is 1. The Morgan fingerprint density at radius 3 is 2.82 bits per heavy atom. The molecule has 5 nitrogen and oxygen atoms in total. The van der Waals surface area contributed by atoms with E-state index < -0.39 is 6.04 Å². The molecule has 0 aliphatic carbocycles. The summed E-state index contributed by atoms with van der Waals surface area (Å²) >= 11 is 0. The van der Waals surface area contributed by atoms with E-state index in [1.165, 1.54) is 0 Å². The first-order valence-corrected chi connectivity index (χ1v) is 5.62. The maximum Gasteiger partial charge on any atom is 0.324 e. The van der Waals surface area contributed by atoms with E-state index in [-0.39, 0.29) is 12.6 Å². The second-order valence-corrected chi connectivity index (χ2v) is 4.24. The lowest BCUT2D eigenvalue weighted by Crippen LogP contribution is -2.29. The predicted molar refractivity (Wildman–Crippen MR) is 65.8 cm³/mol. The fourth-order valence-electron chi connectivity index (χ4n) is 1.92. The Kier molecular flexibility index (Phi) is 3.31. The predicted octanol–water partition coefficient (Wildman–Crippen LogP) is 0.550. The highest BCUT2D eigenvalue weighted by atomic mass is 16.3. The van der Waals surface area contributed by atoms with Crippen LogP contribution in [0.2, 0.25) is 0 Å². The van der Waals surface area contributed by atoms with Crippen molar-refractivity contribution in [1.29, 1.82) is 0 Å². The van der Waals surface area contributed by atoms with Gasteiger partial charge in [-0.15, -0.1) is 0 Å². The van der Waals surface area contributed by atoms with Gasteiger partial charge in [-0.1, -0.05) is 12.1 Å². The highest BCUT2D eigenvalue weighted by Crippen LogP contribution is 2.22. The zero-order chi connectivity index (χ0) is 12.4. The number of aliphatic hydroxyl groups is 1. The Balaban J connectivity index is 2.25. The molecule has 5 heteroatoms. The van der Waals surface area contributed by atoms with Crippen molar-refractivity contribution in [2.45, 2.75) is 6.04 Å². The highest BCUT2D eigenvalue weighted by molar-refractivity contribution is 5.93. The Morgan fingerprint density at radius 1 is 1.47 bits per heavy atom. The van der Waals surface area contributed by atoms with Gasteiger partial charge in [0.05, 0.1) is 12.6 Å². The number of nitrogens with zero attached hydrogens (tertiary/aromatic N) is 2. The minimum Gasteiger partial charge on any atom is -0.394 e. The van der Waals surface area contributed by atoms with Crippen molar-refractivity contribution in [2.75, 3.05) is 31.6 Å². The van der Waals surface area contributed by atoms with Gasteiger partial charge >= 0.3 is 6.03 Å². The van der Waals surface area contributed by atoms with Crippen molar-refractivity contribution >= 4 is 11.7 Å². The van der Waals surface area contributed by atoms with Gasteiger partial charge in [0, 0.05) is 25.8 Å². The lowest BCUT2D eigenvalue weighted by Gasteiger charge is -2.18. The Bertz CT molecular complexity index is 422. The second kappa shape index (κ2) is 4.73. The van der Waals surface area contributed by atoms with E-state index in [1.807, 2.05) is 24.3 Å². The minimum atomic E-state index is -0.398. The molecule has 1 aliphatic heterocycles. The first kappa shape index (κ1) is 11.9. The van der Waals surface area contributed by atoms with Crippen LogP contribution in [-0.2, 0) is 0 Å². The van der Waals surface area contributed by atoms with Crippen molar-refractivity contribution in [3.8, 4) is 0 Å². The van der Waals surface area contributed by atoms with Crippen LogP contribution in [0.15, 0.2) is 24.3 Å². The van der Waals surface area contributed by atoms with Crippen molar-refractivity contribution < 1.29 is 9.90 Å². The molecule has 0 aromatic heterocycles. The summed E-state index contributed by atoms with van der Waals surface area (Å²) in [5, 5.41) is 9.02. The summed E-state index contributed by atoms with van der Waals surface area (Å²) < 4.78 is 0. The smallest absolute Gasteiger partial charge is 0.324 e. The largest absolute Gasteiger partial charge is 0.394 e. The fourth-order valence-corrected chi connectivity index (χ4v) is 1.92. The molecule has 1 aliphatic rings. The van der Waals surface area contributed by atoms with Gasteiger partial charge in [0.25, 0.3) is 0 Å². The van der Waals surface area contributed by atoms with Crippen LogP contribution in [0.1, 0.15) is 11.6 Å². The zero-order valence-corrected chi connectivity index (χ0v) is 9.84. The highest BCUT2D eigenvalue weighted by Gasteiger charge is 2.26. The summed E-state index contributed by atoms with van der Waals surface area (Å²) in [6.07, 6.45) is 0. The third-order valence-corrected chi connectivity index (χ3v) is 3.02. The molecule has 0 bridgehead atoms. The number of amides is 2. The first-order chi connectivity index (χ1) is 8.13. The van der Waals surface area contributed by atoms with Crippen LogP contribution in [0.3, 0.4) is 0 Å². The van der Waals surface area contributed by atoms with E-state index in [0.717, 1.165) is 17.8 Å². The quantitative estimate of drug-likeness (QED) is 0.803. The summed E-state index contributed by atoms with van der Waals surface area (Å²) in [7, 11) is 1.78. The SMILES string of the molecule is CN1CCN(c2cccc(C(N)CO)c2)C1=O. The third-order valence-electron chi connectivity index (χ3n) is 3.02. The summed E-state index contributed by atoms with van der Waals surface area (Å²) in [4.78, 5) is 15.2. The van der Waals surface area contributed by atoms with Crippen LogP contribution in [0, 0.1) is 0 Å². The van der Waals surface area contributed by atoms with Crippen molar-refractivity contribution in [3.05, 3.63) is 29.8 Å². The van der Waals surface area contributed by atoms with E-state index in [2.05, 4.69) is 0 Å². The van der Waals surface area contributed by atoms with Crippen molar-refractivity contribution in [3.63, 3.8) is 0 Å². The average Bonchev–Trinajstić information content (AvgIpc) is 2.69. The van der Waals surface area contributed by atoms with Gasteiger partial charge in [-0.3, -0.25) is 4.90 Å². The van der Waals surface area contributed by atoms with Crippen LogP contribution in [0.5, 0.6) is 0 Å². The van der Waals surface area contributed by atoms with Crippen LogP contribution in [0.4, 0.5) is 10.5 Å². The van der Waals surface area contributed by atoms with Crippen LogP contribution < -0.4 is 10.6 Å². The number of benzene rings is 1. The molecule has 1 fully saturated rings. The third kappa shape index (κ3) is 2.25. The lowest BCUT2D eigenvalue weighted by molar-refractivity contribution is 0.229. The van der Waals surface area contributed by atoms with Crippen LogP contribution in [0.25, 0.3) is 0 Å². The van der Waals surface area contributed by atoms with Gasteiger partial charge in [-0.2, -0.15) is 0 Å². The molecule has 0 spiro atoms. The molecular weight excluding hydrogens is 218 g/mol. The van der Waals surface area contributed by atoms with Gasteiger partial charge in [0.2, 0.25) is 0 Å². The Hall–Kier alpha value is -1.59. The Labute approximate surface area is 100 Å².